The number of hydrogen-bond donors (Lipinski definition) is 1. The topological polar surface area (TPSA) is 43.8 Å². The van der Waals surface area contributed by atoms with Crippen LogP contribution < -0.4 is 5.73 Å². The van der Waals surface area contributed by atoms with E-state index in [0.717, 1.165) is 10.8 Å². The Bertz CT molecular complexity index is 248. The number of alkyl halides is 3. The Hall–Kier alpha value is -0.910. The van der Waals surface area contributed by atoms with Crippen molar-refractivity contribution < 1.29 is 13.2 Å². The first-order valence-electron chi connectivity index (χ1n) is 2.77. The SMILES string of the molecule is Cl.Cn1cc(C(F)(F)F)nc1N. The van der Waals surface area contributed by atoms with Crippen LogP contribution in [0.1, 0.15) is 5.69 Å². The normalized spacial score (nSPS) is 11.0. The lowest BCUT2D eigenvalue weighted by molar-refractivity contribution is -0.140. The van der Waals surface area contributed by atoms with Crippen molar-refractivity contribution in [3.8, 4) is 0 Å². The van der Waals surface area contributed by atoms with E-state index in [1.807, 2.05) is 0 Å². The summed E-state index contributed by atoms with van der Waals surface area (Å²) in [6, 6.07) is 0. The highest BCUT2D eigenvalue weighted by molar-refractivity contribution is 5.85. The van der Waals surface area contributed by atoms with Crippen molar-refractivity contribution >= 4 is 18.4 Å². The van der Waals surface area contributed by atoms with Crippen LogP contribution in [-0.4, -0.2) is 9.55 Å². The van der Waals surface area contributed by atoms with Crippen molar-refractivity contribution in [2.75, 3.05) is 5.73 Å². The maximum absolute atomic E-state index is 11.8. The van der Waals surface area contributed by atoms with E-state index >= 15 is 0 Å². The number of aryl methyl sites for hydroxylation is 1. The average molecular weight is 202 g/mol. The molecule has 0 fully saturated rings. The van der Waals surface area contributed by atoms with Crippen molar-refractivity contribution in [2.24, 2.45) is 7.05 Å². The lowest BCUT2D eigenvalue weighted by Crippen LogP contribution is -2.05. The van der Waals surface area contributed by atoms with Gasteiger partial charge in [-0.1, -0.05) is 0 Å². The summed E-state index contributed by atoms with van der Waals surface area (Å²) in [7, 11) is 1.40. The van der Waals surface area contributed by atoms with E-state index in [4.69, 9.17) is 5.73 Å². The van der Waals surface area contributed by atoms with Crippen LogP contribution in [0.5, 0.6) is 0 Å². The number of imidazole rings is 1. The van der Waals surface area contributed by atoms with Crippen LogP contribution >= 0.6 is 12.4 Å². The summed E-state index contributed by atoms with van der Waals surface area (Å²) >= 11 is 0. The number of nitrogens with two attached hydrogens (primary N) is 1. The quantitative estimate of drug-likeness (QED) is 0.690. The van der Waals surface area contributed by atoms with Gasteiger partial charge in [0.05, 0.1) is 0 Å². The van der Waals surface area contributed by atoms with Crippen LogP contribution in [0.2, 0.25) is 0 Å². The molecule has 0 aliphatic rings. The summed E-state index contributed by atoms with van der Waals surface area (Å²) in [5.74, 6) is -0.141. The minimum Gasteiger partial charge on any atom is -0.369 e. The number of anilines is 1. The van der Waals surface area contributed by atoms with E-state index in [-0.39, 0.29) is 18.4 Å². The van der Waals surface area contributed by atoms with E-state index in [1.165, 1.54) is 7.05 Å². The van der Waals surface area contributed by atoms with Crippen LogP contribution in [0, 0.1) is 0 Å². The Morgan fingerprint density at radius 1 is 1.50 bits per heavy atom. The molecule has 7 heteroatoms. The van der Waals surface area contributed by atoms with Crippen molar-refractivity contribution in [3.63, 3.8) is 0 Å². The molecule has 70 valence electrons. The molecule has 3 nitrogen and oxygen atoms in total. The van der Waals surface area contributed by atoms with Gasteiger partial charge >= 0.3 is 6.18 Å². The Kier molecular flexibility index (Phi) is 2.98. The largest absolute Gasteiger partial charge is 0.434 e. The molecule has 0 bridgehead atoms. The van der Waals surface area contributed by atoms with Crippen molar-refractivity contribution in [3.05, 3.63) is 11.9 Å². The summed E-state index contributed by atoms with van der Waals surface area (Å²) in [5.41, 5.74) is 4.13. The number of hydrogen-bond acceptors (Lipinski definition) is 2. The molecule has 12 heavy (non-hydrogen) atoms. The molecule has 1 heterocycles. The molecule has 0 spiro atoms. The molecule has 0 aromatic carbocycles. The predicted octanol–water partition coefficient (Wildman–Crippen LogP) is 1.44. The van der Waals surface area contributed by atoms with Crippen LogP contribution in [0.4, 0.5) is 19.1 Å². The molecule has 1 aromatic rings. The highest BCUT2D eigenvalue weighted by atomic mass is 35.5. The fourth-order valence-corrected chi connectivity index (χ4v) is 0.617. The Labute approximate surface area is 72.8 Å². The molecule has 1 rings (SSSR count). The van der Waals surface area contributed by atoms with Crippen molar-refractivity contribution in [2.45, 2.75) is 6.18 Å². The lowest BCUT2D eigenvalue weighted by Gasteiger charge is -1.98. The minimum atomic E-state index is -4.41. The third kappa shape index (κ3) is 2.04. The zero-order valence-corrected chi connectivity index (χ0v) is 6.91. The molecule has 0 unspecified atom stereocenters. The van der Waals surface area contributed by atoms with Gasteiger partial charge in [-0.25, -0.2) is 4.98 Å². The molecule has 0 amide bonds. The fourth-order valence-electron chi connectivity index (χ4n) is 0.617. The van der Waals surface area contributed by atoms with E-state index in [1.54, 1.807) is 0 Å². The van der Waals surface area contributed by atoms with Gasteiger partial charge in [0.25, 0.3) is 0 Å². The lowest BCUT2D eigenvalue weighted by atomic mass is 10.5. The van der Waals surface area contributed by atoms with E-state index in [9.17, 15) is 13.2 Å². The Morgan fingerprint density at radius 2 is 2.00 bits per heavy atom. The third-order valence-electron chi connectivity index (χ3n) is 1.20. The van der Waals surface area contributed by atoms with Gasteiger partial charge in [-0.2, -0.15) is 13.2 Å². The average Bonchev–Trinajstić information content (AvgIpc) is 2.11. The summed E-state index contributed by atoms with van der Waals surface area (Å²) in [6.45, 7) is 0. The van der Waals surface area contributed by atoms with E-state index < -0.39 is 11.9 Å². The molecule has 0 saturated carbocycles. The van der Waals surface area contributed by atoms with Crippen molar-refractivity contribution in [1.82, 2.24) is 9.55 Å². The third-order valence-corrected chi connectivity index (χ3v) is 1.20. The van der Waals surface area contributed by atoms with Crippen molar-refractivity contribution in [1.29, 1.82) is 0 Å². The monoisotopic (exact) mass is 201 g/mol. The highest BCUT2D eigenvalue weighted by Crippen LogP contribution is 2.28. The first-order chi connectivity index (χ1) is 4.91. The standard InChI is InChI=1S/C5H6F3N3.ClH/c1-11-2-3(5(6,7)8)10-4(11)9;/h2H,1H3,(H2,9,10);1H. The highest BCUT2D eigenvalue weighted by Gasteiger charge is 2.34. The molecule has 0 aliphatic heterocycles. The second-order valence-corrected chi connectivity index (χ2v) is 2.09. The molecular weight excluding hydrogens is 195 g/mol. The number of nitrogen functional groups attached to an aromatic ring is 1. The number of nitrogens with zero attached hydrogens (tertiary/aromatic N) is 2. The van der Waals surface area contributed by atoms with Gasteiger partial charge in [-0.05, 0) is 0 Å². The van der Waals surface area contributed by atoms with Gasteiger partial charge in [0.15, 0.2) is 11.6 Å². The minimum absolute atomic E-state index is 0. The predicted molar refractivity (Wildman–Crippen MR) is 39.9 cm³/mol. The smallest absolute Gasteiger partial charge is 0.369 e. The first-order valence-corrected chi connectivity index (χ1v) is 2.77. The molecule has 0 atom stereocenters. The van der Waals surface area contributed by atoms with Gasteiger partial charge in [0, 0.05) is 13.2 Å². The van der Waals surface area contributed by atoms with Gasteiger partial charge in [0.1, 0.15) is 0 Å². The molecular formula is C5H7ClF3N3. The van der Waals surface area contributed by atoms with Gasteiger partial charge in [0.2, 0.25) is 0 Å². The number of halogens is 4. The summed E-state index contributed by atoms with van der Waals surface area (Å²) < 4.78 is 36.7. The van der Waals surface area contributed by atoms with Crippen LogP contribution in [-0.2, 0) is 13.2 Å². The maximum atomic E-state index is 11.8. The summed E-state index contributed by atoms with van der Waals surface area (Å²) in [6.07, 6.45) is -3.56. The van der Waals surface area contributed by atoms with E-state index in [0.29, 0.717) is 0 Å². The summed E-state index contributed by atoms with van der Waals surface area (Å²) in [5, 5.41) is 0. The zero-order chi connectivity index (χ0) is 8.65. The van der Waals surface area contributed by atoms with Gasteiger partial charge in [-0.3, -0.25) is 0 Å². The van der Waals surface area contributed by atoms with Gasteiger partial charge < -0.3 is 10.3 Å². The second-order valence-electron chi connectivity index (χ2n) is 2.09. The maximum Gasteiger partial charge on any atom is 0.434 e. The van der Waals surface area contributed by atoms with E-state index in [2.05, 4.69) is 4.98 Å². The summed E-state index contributed by atoms with van der Waals surface area (Å²) in [4.78, 5) is 3.10. The molecule has 2 N–H and O–H groups in total. The molecule has 1 aromatic heterocycles. The first kappa shape index (κ1) is 11.1. The van der Waals surface area contributed by atoms with Gasteiger partial charge in [-0.15, -0.1) is 12.4 Å². The number of aromatic nitrogens is 2. The molecule has 0 radical (unpaired) electrons. The second kappa shape index (κ2) is 3.22. The zero-order valence-electron chi connectivity index (χ0n) is 6.09. The Morgan fingerprint density at radius 3 is 2.17 bits per heavy atom. The van der Waals surface area contributed by atoms with Crippen LogP contribution in [0.25, 0.3) is 0 Å². The van der Waals surface area contributed by atoms with Crippen LogP contribution in [0.15, 0.2) is 6.20 Å². The molecule has 0 saturated heterocycles. The Balaban J connectivity index is 0.00000121. The number of rotatable bonds is 0. The van der Waals surface area contributed by atoms with Crippen LogP contribution in [0.3, 0.4) is 0 Å². The fraction of sp³-hybridized carbons (Fsp3) is 0.400. The molecule has 0 aliphatic carbocycles.